The van der Waals surface area contributed by atoms with Gasteiger partial charge in [0.15, 0.2) is 0 Å². The third-order valence-corrected chi connectivity index (χ3v) is 3.84. The fourth-order valence-electron chi connectivity index (χ4n) is 2.52. The second-order valence-corrected chi connectivity index (χ2v) is 5.80. The molecule has 2 heterocycles. The Hall–Kier alpha value is -1.69. The van der Waals surface area contributed by atoms with Gasteiger partial charge < -0.3 is 15.5 Å². The maximum absolute atomic E-state index is 11.8. The van der Waals surface area contributed by atoms with Gasteiger partial charge in [-0.15, -0.1) is 0 Å². The molecule has 1 aromatic heterocycles. The Bertz CT molecular complexity index is 437. The van der Waals surface area contributed by atoms with Crippen molar-refractivity contribution in [3.8, 4) is 0 Å². The van der Waals surface area contributed by atoms with Crippen LogP contribution in [0, 0.1) is 5.92 Å². The zero-order valence-electron chi connectivity index (χ0n) is 12.9. The molecule has 0 unspecified atom stereocenters. The second-order valence-electron chi connectivity index (χ2n) is 5.80. The number of carbonyl (C=O) groups is 1. The number of nitrogens with zero attached hydrogens (tertiary/aromatic N) is 3. The van der Waals surface area contributed by atoms with Crippen LogP contribution in [0.3, 0.4) is 0 Å². The number of anilines is 1. The van der Waals surface area contributed by atoms with E-state index in [0.717, 1.165) is 19.6 Å². The number of rotatable bonds is 7. The van der Waals surface area contributed by atoms with Gasteiger partial charge in [0.2, 0.25) is 11.9 Å². The highest BCUT2D eigenvalue weighted by Gasteiger charge is 2.24. The summed E-state index contributed by atoms with van der Waals surface area (Å²) in [6.07, 6.45) is 4.97. The minimum atomic E-state index is 0.0847. The molecule has 1 aliphatic heterocycles. The van der Waals surface area contributed by atoms with Gasteiger partial charge in [0.1, 0.15) is 0 Å². The van der Waals surface area contributed by atoms with Gasteiger partial charge in [-0.2, -0.15) is 0 Å². The molecule has 0 spiro atoms. The first kappa shape index (κ1) is 15.7. The van der Waals surface area contributed by atoms with Crippen molar-refractivity contribution in [2.45, 2.75) is 32.7 Å². The first-order chi connectivity index (χ1) is 10.1. The molecule has 1 aliphatic rings. The van der Waals surface area contributed by atoms with Gasteiger partial charge in [-0.1, -0.05) is 0 Å². The molecule has 1 amide bonds. The number of amides is 1. The molecule has 0 radical (unpaired) electrons. The molecule has 2 rings (SSSR count). The molecule has 116 valence electrons. The zero-order chi connectivity index (χ0) is 15.1. The highest BCUT2D eigenvalue weighted by Crippen LogP contribution is 2.17. The molecular weight excluding hydrogens is 266 g/mol. The lowest BCUT2D eigenvalue weighted by Crippen LogP contribution is -2.33. The molecule has 1 fully saturated rings. The van der Waals surface area contributed by atoms with Crippen LogP contribution in [0.2, 0.25) is 0 Å². The Morgan fingerprint density at radius 3 is 2.86 bits per heavy atom. The van der Waals surface area contributed by atoms with Crippen molar-refractivity contribution in [1.82, 2.24) is 20.2 Å². The van der Waals surface area contributed by atoms with Crippen molar-refractivity contribution in [3.05, 3.63) is 18.5 Å². The number of nitrogens with one attached hydrogen (secondary N) is 2. The summed E-state index contributed by atoms with van der Waals surface area (Å²) in [6, 6.07) is 2.36. The maximum atomic E-state index is 11.8. The van der Waals surface area contributed by atoms with Crippen LogP contribution in [0.5, 0.6) is 0 Å². The third-order valence-electron chi connectivity index (χ3n) is 3.84. The quantitative estimate of drug-likeness (QED) is 0.788. The fraction of sp³-hybridized carbons (Fsp3) is 0.667. The number of aromatic nitrogens is 2. The molecule has 0 bridgehead atoms. The second kappa shape index (κ2) is 7.93. The average molecular weight is 291 g/mol. The van der Waals surface area contributed by atoms with Gasteiger partial charge in [0.25, 0.3) is 0 Å². The molecule has 6 nitrogen and oxygen atoms in total. The van der Waals surface area contributed by atoms with Crippen LogP contribution >= 0.6 is 0 Å². The lowest BCUT2D eigenvalue weighted by atomic mass is 10.1. The number of likely N-dealkylation sites (tertiary alicyclic amines) is 1. The molecule has 2 N–H and O–H groups in total. The van der Waals surface area contributed by atoms with Crippen LogP contribution in [0.15, 0.2) is 18.5 Å². The summed E-state index contributed by atoms with van der Waals surface area (Å²) in [5, 5.41) is 6.06. The van der Waals surface area contributed by atoms with E-state index in [-0.39, 0.29) is 5.91 Å². The van der Waals surface area contributed by atoms with E-state index < -0.39 is 0 Å². The smallest absolute Gasteiger partial charge is 0.222 e. The van der Waals surface area contributed by atoms with Gasteiger partial charge in [0.05, 0.1) is 0 Å². The summed E-state index contributed by atoms with van der Waals surface area (Å²) in [5.74, 6) is 1.23. The van der Waals surface area contributed by atoms with Crippen LogP contribution < -0.4 is 10.6 Å². The number of carbonyl (C=O) groups excluding carboxylic acids is 1. The van der Waals surface area contributed by atoms with E-state index in [1.54, 1.807) is 18.5 Å². The first-order valence-electron chi connectivity index (χ1n) is 7.67. The minimum Gasteiger partial charge on any atom is -0.356 e. The van der Waals surface area contributed by atoms with E-state index in [4.69, 9.17) is 0 Å². The Balaban J connectivity index is 1.58. The van der Waals surface area contributed by atoms with E-state index in [1.165, 1.54) is 6.42 Å². The zero-order valence-corrected chi connectivity index (χ0v) is 12.9. The standard InChI is InChI=1S/C15H25N5O/c1-12(2)20-9-5-13(11-20)10-19-14(21)4-8-18-15-16-6-3-7-17-15/h3,6-7,12-13H,4-5,8-11H2,1-2H3,(H,19,21)(H,16,17,18)/t13-/m1/s1. The summed E-state index contributed by atoms with van der Waals surface area (Å²) in [6.45, 7) is 8.01. The predicted octanol–water partition coefficient (Wildman–Crippen LogP) is 1.13. The van der Waals surface area contributed by atoms with Crippen LogP contribution in [0.4, 0.5) is 5.95 Å². The lowest BCUT2D eigenvalue weighted by Gasteiger charge is -2.20. The number of hydrogen-bond acceptors (Lipinski definition) is 5. The van der Waals surface area contributed by atoms with Gasteiger partial charge in [-0.3, -0.25) is 4.79 Å². The van der Waals surface area contributed by atoms with Crippen LogP contribution in [-0.2, 0) is 4.79 Å². The van der Waals surface area contributed by atoms with E-state index in [2.05, 4.69) is 39.3 Å². The highest BCUT2D eigenvalue weighted by molar-refractivity contribution is 5.76. The van der Waals surface area contributed by atoms with E-state index >= 15 is 0 Å². The summed E-state index contributed by atoms with van der Waals surface area (Å²) in [5.41, 5.74) is 0. The molecule has 0 aromatic carbocycles. The van der Waals surface area contributed by atoms with Gasteiger partial charge in [0, 0.05) is 44.5 Å². The summed E-state index contributed by atoms with van der Waals surface area (Å²) in [7, 11) is 0. The average Bonchev–Trinajstić information content (AvgIpc) is 2.95. The summed E-state index contributed by atoms with van der Waals surface area (Å²) < 4.78 is 0. The topological polar surface area (TPSA) is 70.2 Å². The van der Waals surface area contributed by atoms with Crippen LogP contribution in [-0.4, -0.2) is 53.0 Å². The molecule has 21 heavy (non-hydrogen) atoms. The van der Waals surface area contributed by atoms with Crippen molar-refractivity contribution >= 4 is 11.9 Å². The molecule has 1 aromatic rings. The minimum absolute atomic E-state index is 0.0847. The van der Waals surface area contributed by atoms with Crippen molar-refractivity contribution in [2.24, 2.45) is 5.92 Å². The van der Waals surface area contributed by atoms with Crippen molar-refractivity contribution < 1.29 is 4.79 Å². The molecule has 1 atom stereocenters. The van der Waals surface area contributed by atoms with Crippen LogP contribution in [0.25, 0.3) is 0 Å². The van der Waals surface area contributed by atoms with Crippen LogP contribution in [0.1, 0.15) is 26.7 Å². The Morgan fingerprint density at radius 2 is 2.19 bits per heavy atom. The highest BCUT2D eigenvalue weighted by atomic mass is 16.1. The van der Waals surface area contributed by atoms with E-state index in [9.17, 15) is 4.79 Å². The SMILES string of the molecule is CC(C)N1CC[C@H](CNC(=O)CCNc2ncccn2)C1. The monoisotopic (exact) mass is 291 g/mol. The molecular formula is C15H25N5O. The molecule has 1 saturated heterocycles. The predicted molar refractivity (Wildman–Crippen MR) is 83.0 cm³/mol. The van der Waals surface area contributed by atoms with E-state index in [1.807, 2.05) is 0 Å². The molecule has 6 heteroatoms. The van der Waals surface area contributed by atoms with Crippen molar-refractivity contribution in [3.63, 3.8) is 0 Å². The molecule has 0 aliphatic carbocycles. The largest absolute Gasteiger partial charge is 0.356 e. The van der Waals surface area contributed by atoms with Gasteiger partial charge in [-0.05, 0) is 38.8 Å². The van der Waals surface area contributed by atoms with Crippen molar-refractivity contribution in [1.29, 1.82) is 0 Å². The van der Waals surface area contributed by atoms with E-state index in [0.29, 0.717) is 30.9 Å². The molecule has 0 saturated carbocycles. The van der Waals surface area contributed by atoms with Crippen molar-refractivity contribution in [2.75, 3.05) is 31.5 Å². The van der Waals surface area contributed by atoms with Gasteiger partial charge >= 0.3 is 0 Å². The van der Waals surface area contributed by atoms with Gasteiger partial charge in [-0.25, -0.2) is 9.97 Å². The summed E-state index contributed by atoms with van der Waals surface area (Å²) in [4.78, 5) is 22.4. The number of hydrogen-bond donors (Lipinski definition) is 2. The lowest BCUT2D eigenvalue weighted by molar-refractivity contribution is -0.121. The normalized spacial score (nSPS) is 18.9. The Morgan fingerprint density at radius 1 is 1.43 bits per heavy atom. The fourth-order valence-corrected chi connectivity index (χ4v) is 2.52. The Kier molecular flexibility index (Phi) is 5.92. The summed E-state index contributed by atoms with van der Waals surface area (Å²) >= 11 is 0. The first-order valence-corrected chi connectivity index (χ1v) is 7.67. The Labute approximate surface area is 126 Å². The maximum Gasteiger partial charge on any atom is 0.222 e. The third kappa shape index (κ3) is 5.30.